The Labute approximate surface area is 67.2 Å². The fourth-order valence-corrected chi connectivity index (χ4v) is 0.941. The molecule has 1 heterocycles. The van der Waals surface area contributed by atoms with Crippen molar-refractivity contribution in [1.29, 1.82) is 0 Å². The molecule has 0 aromatic carbocycles. The van der Waals surface area contributed by atoms with Crippen LogP contribution in [0.25, 0.3) is 0 Å². The summed E-state index contributed by atoms with van der Waals surface area (Å²) in [5.74, 6) is 0. The van der Waals surface area contributed by atoms with Gasteiger partial charge in [-0.25, -0.2) is 0 Å². The third kappa shape index (κ3) is 2.87. The van der Waals surface area contributed by atoms with Crippen LogP contribution in [0.5, 0.6) is 0 Å². The zero-order valence-corrected chi connectivity index (χ0v) is 6.73. The van der Waals surface area contributed by atoms with Crippen LogP contribution in [0.2, 0.25) is 0 Å². The highest BCUT2D eigenvalue weighted by Crippen LogP contribution is 2.05. The second kappa shape index (κ2) is 4.31. The summed E-state index contributed by atoms with van der Waals surface area (Å²) in [5, 5.41) is 9.40. The summed E-state index contributed by atoms with van der Waals surface area (Å²) in [4.78, 5) is 0. The van der Waals surface area contributed by atoms with Gasteiger partial charge in [0, 0.05) is 0 Å². The Hall–Kier alpha value is -0.600. The lowest BCUT2D eigenvalue weighted by molar-refractivity contribution is -0.0131. The van der Waals surface area contributed by atoms with Crippen molar-refractivity contribution in [2.45, 2.75) is 25.6 Å². The van der Waals surface area contributed by atoms with Gasteiger partial charge in [-0.15, -0.1) is 0 Å². The number of aliphatic hydroxyl groups is 1. The van der Waals surface area contributed by atoms with Gasteiger partial charge < -0.3 is 9.84 Å². The van der Waals surface area contributed by atoms with Crippen LogP contribution >= 0.6 is 0 Å². The quantitative estimate of drug-likeness (QED) is 0.569. The highest BCUT2D eigenvalue weighted by molar-refractivity contribution is 5.04. The maximum Gasteiger partial charge on any atom is 0.0833 e. The van der Waals surface area contributed by atoms with E-state index in [-0.39, 0.29) is 12.2 Å². The molecule has 2 atom stereocenters. The van der Waals surface area contributed by atoms with Gasteiger partial charge in [0.25, 0.3) is 0 Å². The number of aliphatic hydroxyl groups excluding tert-OH is 1. The van der Waals surface area contributed by atoms with Gasteiger partial charge in [0.15, 0.2) is 0 Å². The number of allylic oxidation sites excluding steroid dienone is 2. The molecule has 0 bridgehead atoms. The molecule has 2 unspecified atom stereocenters. The average Bonchev–Trinajstić information content (AvgIpc) is 2.07. The number of hydrogen-bond acceptors (Lipinski definition) is 2. The molecule has 0 aromatic rings. The number of ether oxygens (including phenoxy) is 1. The van der Waals surface area contributed by atoms with E-state index < -0.39 is 0 Å². The zero-order chi connectivity index (χ0) is 8.10. The molecule has 0 aliphatic carbocycles. The van der Waals surface area contributed by atoms with Crippen LogP contribution in [0.1, 0.15) is 13.3 Å². The molecule has 0 aromatic heterocycles. The second-order valence-corrected chi connectivity index (χ2v) is 2.70. The summed E-state index contributed by atoms with van der Waals surface area (Å²) in [6.07, 6.45) is 7.99. The Morgan fingerprint density at radius 1 is 1.36 bits per heavy atom. The SMILES string of the molecule is CC1OC/C=C\C=C/CC1O. The van der Waals surface area contributed by atoms with Crippen LogP contribution in [0.4, 0.5) is 0 Å². The molecule has 11 heavy (non-hydrogen) atoms. The van der Waals surface area contributed by atoms with E-state index in [0.717, 1.165) is 0 Å². The van der Waals surface area contributed by atoms with Crippen molar-refractivity contribution in [3.63, 3.8) is 0 Å². The standard InChI is InChI=1S/C9H14O2/c1-8-9(10)6-4-2-3-5-7-11-8/h2-5,8-10H,6-7H2,1H3/b4-2-,5-3-. The van der Waals surface area contributed by atoms with Crippen molar-refractivity contribution in [3.05, 3.63) is 24.3 Å². The summed E-state index contributed by atoms with van der Waals surface area (Å²) in [7, 11) is 0. The zero-order valence-electron chi connectivity index (χ0n) is 6.73. The van der Waals surface area contributed by atoms with Gasteiger partial charge in [-0.2, -0.15) is 0 Å². The van der Waals surface area contributed by atoms with Crippen LogP contribution in [-0.4, -0.2) is 23.9 Å². The third-order valence-electron chi connectivity index (χ3n) is 1.76. The normalized spacial score (nSPS) is 38.4. The van der Waals surface area contributed by atoms with Gasteiger partial charge in [0.2, 0.25) is 0 Å². The maximum atomic E-state index is 9.40. The molecule has 62 valence electrons. The Morgan fingerprint density at radius 3 is 2.91 bits per heavy atom. The summed E-state index contributed by atoms with van der Waals surface area (Å²) in [5.41, 5.74) is 0. The molecule has 2 heteroatoms. The minimum Gasteiger partial charge on any atom is -0.390 e. The molecule has 0 fully saturated rings. The highest BCUT2D eigenvalue weighted by atomic mass is 16.5. The van der Waals surface area contributed by atoms with E-state index in [0.29, 0.717) is 13.0 Å². The molecule has 0 radical (unpaired) electrons. The van der Waals surface area contributed by atoms with Crippen LogP contribution in [0.15, 0.2) is 24.3 Å². The molecule has 1 rings (SSSR count). The third-order valence-corrected chi connectivity index (χ3v) is 1.76. The molecule has 1 aliphatic heterocycles. The van der Waals surface area contributed by atoms with E-state index in [1.54, 1.807) is 0 Å². The van der Waals surface area contributed by atoms with Crippen molar-refractivity contribution in [1.82, 2.24) is 0 Å². The summed E-state index contributed by atoms with van der Waals surface area (Å²) in [6.45, 7) is 2.47. The fourth-order valence-electron chi connectivity index (χ4n) is 0.941. The molecule has 0 saturated heterocycles. The number of rotatable bonds is 0. The minimum atomic E-state index is -0.369. The van der Waals surface area contributed by atoms with E-state index in [1.807, 2.05) is 31.2 Å². The molecular formula is C9H14O2. The van der Waals surface area contributed by atoms with Crippen molar-refractivity contribution in [2.75, 3.05) is 6.61 Å². The first-order chi connectivity index (χ1) is 5.30. The fraction of sp³-hybridized carbons (Fsp3) is 0.556. The van der Waals surface area contributed by atoms with E-state index >= 15 is 0 Å². The average molecular weight is 154 g/mol. The largest absolute Gasteiger partial charge is 0.390 e. The van der Waals surface area contributed by atoms with E-state index in [4.69, 9.17) is 4.74 Å². The van der Waals surface area contributed by atoms with Crippen LogP contribution < -0.4 is 0 Å². The molecule has 0 spiro atoms. The highest BCUT2D eigenvalue weighted by Gasteiger charge is 2.12. The monoisotopic (exact) mass is 154 g/mol. The van der Waals surface area contributed by atoms with Crippen molar-refractivity contribution < 1.29 is 9.84 Å². The molecule has 0 amide bonds. The van der Waals surface area contributed by atoms with Crippen LogP contribution in [-0.2, 0) is 4.74 Å². The van der Waals surface area contributed by atoms with E-state index in [9.17, 15) is 5.11 Å². The maximum absolute atomic E-state index is 9.40. The van der Waals surface area contributed by atoms with E-state index in [1.165, 1.54) is 0 Å². The molecule has 1 aliphatic rings. The van der Waals surface area contributed by atoms with Gasteiger partial charge in [-0.1, -0.05) is 24.3 Å². The predicted molar refractivity (Wildman–Crippen MR) is 44.3 cm³/mol. The summed E-state index contributed by atoms with van der Waals surface area (Å²) < 4.78 is 5.30. The Bertz CT molecular complexity index is 161. The first-order valence-electron chi connectivity index (χ1n) is 3.92. The lowest BCUT2D eigenvalue weighted by Gasteiger charge is -2.16. The lowest BCUT2D eigenvalue weighted by Crippen LogP contribution is -2.25. The van der Waals surface area contributed by atoms with E-state index in [2.05, 4.69) is 0 Å². The van der Waals surface area contributed by atoms with Crippen molar-refractivity contribution in [2.24, 2.45) is 0 Å². The molecule has 1 N–H and O–H groups in total. The van der Waals surface area contributed by atoms with Gasteiger partial charge in [0.1, 0.15) is 0 Å². The van der Waals surface area contributed by atoms with Gasteiger partial charge in [0.05, 0.1) is 18.8 Å². The Kier molecular flexibility index (Phi) is 3.33. The smallest absolute Gasteiger partial charge is 0.0833 e. The predicted octanol–water partition coefficient (Wildman–Crippen LogP) is 1.27. The Balaban J connectivity index is 2.49. The van der Waals surface area contributed by atoms with Gasteiger partial charge >= 0.3 is 0 Å². The summed E-state index contributed by atoms with van der Waals surface area (Å²) in [6, 6.07) is 0. The lowest BCUT2D eigenvalue weighted by atomic mass is 10.1. The van der Waals surface area contributed by atoms with Gasteiger partial charge in [-0.05, 0) is 13.3 Å². The van der Waals surface area contributed by atoms with Crippen molar-refractivity contribution >= 4 is 0 Å². The molecular weight excluding hydrogens is 140 g/mol. The minimum absolute atomic E-state index is 0.0672. The number of hydrogen-bond donors (Lipinski definition) is 1. The molecule has 2 nitrogen and oxygen atoms in total. The van der Waals surface area contributed by atoms with Crippen LogP contribution in [0, 0.1) is 0 Å². The first-order valence-corrected chi connectivity index (χ1v) is 3.92. The van der Waals surface area contributed by atoms with Crippen LogP contribution in [0.3, 0.4) is 0 Å². The topological polar surface area (TPSA) is 29.5 Å². The first kappa shape index (κ1) is 8.50. The Morgan fingerprint density at radius 2 is 2.09 bits per heavy atom. The van der Waals surface area contributed by atoms with Crippen molar-refractivity contribution in [3.8, 4) is 0 Å². The van der Waals surface area contributed by atoms with Gasteiger partial charge in [-0.3, -0.25) is 0 Å². The summed E-state index contributed by atoms with van der Waals surface area (Å²) >= 11 is 0. The molecule has 0 saturated carbocycles. The second-order valence-electron chi connectivity index (χ2n) is 2.70.